The van der Waals surface area contributed by atoms with Crippen molar-refractivity contribution in [2.24, 2.45) is 5.92 Å². The second-order valence-electron chi connectivity index (χ2n) is 6.94. The molecule has 1 aromatic heterocycles. The smallest absolute Gasteiger partial charge is 0.228 e. The van der Waals surface area contributed by atoms with Crippen LogP contribution < -0.4 is 15.0 Å². The molecule has 0 saturated carbocycles. The molecule has 2 rings (SSSR count). The maximum Gasteiger partial charge on any atom is 0.228 e. The molecule has 0 bridgehead atoms. The van der Waals surface area contributed by atoms with Gasteiger partial charge in [-0.2, -0.15) is 4.98 Å². The number of piperidine rings is 1. The van der Waals surface area contributed by atoms with Crippen LogP contribution in [-0.4, -0.2) is 42.3 Å². The van der Waals surface area contributed by atoms with Crippen LogP contribution in [-0.2, 0) is 0 Å². The molecule has 0 spiro atoms. The van der Waals surface area contributed by atoms with Crippen molar-refractivity contribution in [3.8, 4) is 5.88 Å². The Morgan fingerprint density at radius 3 is 2.81 bits per heavy atom. The number of aromatic nitrogens is 2. The number of nitrogens with one attached hydrogen (secondary N) is 1. The number of nitrogens with zero attached hydrogens (tertiary/aromatic N) is 3. The predicted molar refractivity (Wildman–Crippen MR) is 86.0 cm³/mol. The Hall–Kier alpha value is -1.36. The Balaban J connectivity index is 2.02. The molecule has 1 N–H and O–H groups in total. The zero-order valence-electron chi connectivity index (χ0n) is 13.9. The quantitative estimate of drug-likeness (QED) is 0.923. The van der Waals surface area contributed by atoms with Crippen molar-refractivity contribution in [1.29, 1.82) is 0 Å². The van der Waals surface area contributed by atoms with Gasteiger partial charge in [-0.25, -0.2) is 4.98 Å². The number of hydrogen-bond acceptors (Lipinski definition) is 5. The van der Waals surface area contributed by atoms with E-state index in [1.807, 2.05) is 13.0 Å². The van der Waals surface area contributed by atoms with Gasteiger partial charge in [0, 0.05) is 36.9 Å². The molecule has 1 aliphatic rings. The molecule has 0 amide bonds. The van der Waals surface area contributed by atoms with Crippen molar-refractivity contribution in [3.05, 3.63) is 11.8 Å². The van der Waals surface area contributed by atoms with Crippen molar-refractivity contribution in [2.75, 3.05) is 31.6 Å². The molecule has 1 atom stereocenters. The molecule has 2 heterocycles. The van der Waals surface area contributed by atoms with E-state index in [0.29, 0.717) is 11.8 Å². The van der Waals surface area contributed by atoms with Gasteiger partial charge in [-0.1, -0.05) is 0 Å². The molecule has 1 unspecified atom stereocenters. The molecule has 5 heteroatoms. The van der Waals surface area contributed by atoms with E-state index < -0.39 is 0 Å². The van der Waals surface area contributed by atoms with Gasteiger partial charge in [0.05, 0.1) is 7.11 Å². The van der Waals surface area contributed by atoms with Crippen molar-refractivity contribution in [3.63, 3.8) is 0 Å². The fourth-order valence-corrected chi connectivity index (χ4v) is 2.63. The third-order valence-corrected chi connectivity index (χ3v) is 3.75. The second kappa shape index (κ2) is 6.60. The van der Waals surface area contributed by atoms with Crippen molar-refractivity contribution >= 4 is 5.95 Å². The maximum atomic E-state index is 5.26. The Bertz CT molecular complexity index is 470. The van der Waals surface area contributed by atoms with E-state index in [9.17, 15) is 0 Å². The van der Waals surface area contributed by atoms with Crippen molar-refractivity contribution in [1.82, 2.24) is 15.3 Å². The highest BCUT2D eigenvalue weighted by Crippen LogP contribution is 2.22. The summed E-state index contributed by atoms with van der Waals surface area (Å²) < 4.78 is 5.26. The summed E-state index contributed by atoms with van der Waals surface area (Å²) in [4.78, 5) is 11.3. The summed E-state index contributed by atoms with van der Waals surface area (Å²) in [6, 6.07) is 1.87. The van der Waals surface area contributed by atoms with Crippen molar-refractivity contribution < 1.29 is 4.74 Å². The SMILES string of the molecule is COc1cc(C)nc(N2CCCC(CNC(C)(C)C)C2)n1. The molecule has 0 radical (unpaired) electrons. The van der Waals surface area contributed by atoms with E-state index in [0.717, 1.165) is 31.3 Å². The molecule has 1 fully saturated rings. The highest BCUT2D eigenvalue weighted by atomic mass is 16.5. The van der Waals surface area contributed by atoms with Crippen LogP contribution in [0.1, 0.15) is 39.3 Å². The highest BCUT2D eigenvalue weighted by Gasteiger charge is 2.23. The van der Waals surface area contributed by atoms with Crippen LogP contribution in [0.5, 0.6) is 5.88 Å². The van der Waals surface area contributed by atoms with Crippen LogP contribution in [0.25, 0.3) is 0 Å². The highest BCUT2D eigenvalue weighted by molar-refractivity contribution is 5.35. The summed E-state index contributed by atoms with van der Waals surface area (Å²) in [5.41, 5.74) is 1.12. The van der Waals surface area contributed by atoms with Crippen LogP contribution in [0.2, 0.25) is 0 Å². The van der Waals surface area contributed by atoms with Gasteiger partial charge >= 0.3 is 0 Å². The van der Waals surface area contributed by atoms with Gasteiger partial charge < -0.3 is 15.0 Å². The first-order valence-corrected chi connectivity index (χ1v) is 7.77. The summed E-state index contributed by atoms with van der Waals surface area (Å²) in [6.45, 7) is 11.7. The Labute approximate surface area is 128 Å². The minimum Gasteiger partial charge on any atom is -0.481 e. The summed E-state index contributed by atoms with van der Waals surface area (Å²) in [5, 5.41) is 3.61. The molecule has 118 valence electrons. The summed E-state index contributed by atoms with van der Waals surface area (Å²) in [7, 11) is 1.65. The average Bonchev–Trinajstić information content (AvgIpc) is 2.44. The minimum absolute atomic E-state index is 0.172. The van der Waals surface area contributed by atoms with E-state index in [1.165, 1.54) is 12.8 Å². The first-order chi connectivity index (χ1) is 9.87. The Morgan fingerprint density at radius 2 is 2.14 bits per heavy atom. The molecule has 21 heavy (non-hydrogen) atoms. The normalized spacial score (nSPS) is 19.7. The van der Waals surface area contributed by atoms with Crippen LogP contribution in [0.15, 0.2) is 6.07 Å². The number of ether oxygens (including phenoxy) is 1. The standard InChI is InChI=1S/C16H28N4O/c1-12-9-14(21-5)19-15(18-12)20-8-6-7-13(11-20)10-17-16(2,3)4/h9,13,17H,6-8,10-11H2,1-5H3. The summed E-state index contributed by atoms with van der Waals surface area (Å²) in [5.74, 6) is 2.09. The largest absolute Gasteiger partial charge is 0.481 e. The van der Waals surface area contributed by atoms with E-state index in [2.05, 4.69) is 41.0 Å². The van der Waals surface area contributed by atoms with E-state index in [-0.39, 0.29) is 5.54 Å². The fourth-order valence-electron chi connectivity index (χ4n) is 2.63. The molecule has 0 aromatic carbocycles. The molecule has 0 aliphatic carbocycles. The number of methoxy groups -OCH3 is 1. The van der Waals surface area contributed by atoms with Gasteiger partial charge in [0.2, 0.25) is 11.8 Å². The average molecular weight is 292 g/mol. The van der Waals surface area contributed by atoms with E-state index >= 15 is 0 Å². The summed E-state index contributed by atoms with van der Waals surface area (Å²) >= 11 is 0. The van der Waals surface area contributed by atoms with Crippen LogP contribution >= 0.6 is 0 Å². The zero-order chi connectivity index (χ0) is 15.5. The van der Waals surface area contributed by atoms with Crippen molar-refractivity contribution in [2.45, 2.75) is 46.1 Å². The predicted octanol–water partition coefficient (Wildman–Crippen LogP) is 2.40. The number of anilines is 1. The molecular weight excluding hydrogens is 264 g/mol. The zero-order valence-corrected chi connectivity index (χ0v) is 13.9. The van der Waals surface area contributed by atoms with Gasteiger partial charge in [-0.05, 0) is 46.5 Å². The summed E-state index contributed by atoms with van der Waals surface area (Å²) in [6.07, 6.45) is 2.46. The molecular formula is C16H28N4O. The van der Waals surface area contributed by atoms with E-state index in [1.54, 1.807) is 7.11 Å². The molecule has 1 saturated heterocycles. The monoisotopic (exact) mass is 292 g/mol. The lowest BCUT2D eigenvalue weighted by atomic mass is 9.97. The minimum atomic E-state index is 0.172. The lowest BCUT2D eigenvalue weighted by Crippen LogP contribution is -2.45. The van der Waals surface area contributed by atoms with Gasteiger partial charge in [0.1, 0.15) is 0 Å². The van der Waals surface area contributed by atoms with Gasteiger partial charge in [-0.3, -0.25) is 0 Å². The van der Waals surface area contributed by atoms with Crippen LogP contribution in [0.4, 0.5) is 5.95 Å². The third kappa shape index (κ3) is 4.84. The maximum absolute atomic E-state index is 5.26. The molecule has 1 aromatic rings. The van der Waals surface area contributed by atoms with Gasteiger partial charge in [0.15, 0.2) is 0 Å². The topological polar surface area (TPSA) is 50.3 Å². The number of rotatable bonds is 4. The third-order valence-electron chi connectivity index (χ3n) is 3.75. The van der Waals surface area contributed by atoms with Gasteiger partial charge in [-0.15, -0.1) is 0 Å². The van der Waals surface area contributed by atoms with Gasteiger partial charge in [0.25, 0.3) is 0 Å². The van der Waals surface area contributed by atoms with Crippen LogP contribution in [0, 0.1) is 12.8 Å². The lowest BCUT2D eigenvalue weighted by molar-refractivity contribution is 0.333. The Morgan fingerprint density at radius 1 is 1.38 bits per heavy atom. The first-order valence-electron chi connectivity index (χ1n) is 7.77. The van der Waals surface area contributed by atoms with Crippen LogP contribution in [0.3, 0.4) is 0 Å². The number of aryl methyl sites for hydroxylation is 1. The molecule has 1 aliphatic heterocycles. The number of hydrogen-bond donors (Lipinski definition) is 1. The first kappa shape index (κ1) is 16.0. The second-order valence-corrected chi connectivity index (χ2v) is 6.94. The molecule has 5 nitrogen and oxygen atoms in total. The lowest BCUT2D eigenvalue weighted by Gasteiger charge is -2.34. The fraction of sp³-hybridized carbons (Fsp3) is 0.750. The van der Waals surface area contributed by atoms with E-state index in [4.69, 9.17) is 4.74 Å². The Kier molecular flexibility index (Phi) is 5.04.